The van der Waals surface area contributed by atoms with Crippen molar-refractivity contribution in [3.8, 4) is 0 Å². The molecule has 0 bridgehead atoms. The first-order valence-corrected chi connectivity index (χ1v) is 7.00. The van der Waals surface area contributed by atoms with Crippen molar-refractivity contribution in [2.45, 2.75) is 6.54 Å². The van der Waals surface area contributed by atoms with Crippen molar-refractivity contribution >= 4 is 23.6 Å². The van der Waals surface area contributed by atoms with Gasteiger partial charge in [-0.25, -0.2) is 9.78 Å². The summed E-state index contributed by atoms with van der Waals surface area (Å²) in [6.45, 7) is 4.82. The standard InChI is InChI=1S/C13H19N5O3.ClH/c1-15-11-10(12(19)16(2)13(15)20)18(9-14-11)4-3-17-5-7-21-8-6-17;/h9H,3-8H2,1-2H3;1H. The molecule has 1 saturated heterocycles. The molecule has 122 valence electrons. The lowest BCUT2D eigenvalue weighted by atomic mass is 10.4. The quantitative estimate of drug-likeness (QED) is 0.736. The Morgan fingerprint density at radius 1 is 1.14 bits per heavy atom. The van der Waals surface area contributed by atoms with Gasteiger partial charge in [0.25, 0.3) is 5.56 Å². The fourth-order valence-corrected chi connectivity index (χ4v) is 2.64. The van der Waals surface area contributed by atoms with Crippen molar-refractivity contribution < 1.29 is 4.74 Å². The van der Waals surface area contributed by atoms with Crippen molar-refractivity contribution in [1.29, 1.82) is 0 Å². The number of imidazole rings is 1. The van der Waals surface area contributed by atoms with E-state index in [0.717, 1.165) is 37.4 Å². The molecule has 0 atom stereocenters. The lowest BCUT2D eigenvalue weighted by molar-refractivity contribution is 0.0365. The Kier molecular flexibility index (Phi) is 5.05. The van der Waals surface area contributed by atoms with Crippen LogP contribution < -0.4 is 11.2 Å². The van der Waals surface area contributed by atoms with Gasteiger partial charge in [0.1, 0.15) is 0 Å². The molecule has 1 aliphatic rings. The zero-order valence-electron chi connectivity index (χ0n) is 12.7. The van der Waals surface area contributed by atoms with Crippen LogP contribution in [0.5, 0.6) is 0 Å². The molecule has 0 aromatic carbocycles. The third-order valence-electron chi connectivity index (χ3n) is 3.98. The molecule has 3 heterocycles. The van der Waals surface area contributed by atoms with E-state index in [4.69, 9.17) is 4.74 Å². The van der Waals surface area contributed by atoms with Gasteiger partial charge in [-0.2, -0.15) is 0 Å². The van der Waals surface area contributed by atoms with E-state index in [1.807, 2.05) is 4.57 Å². The summed E-state index contributed by atoms with van der Waals surface area (Å²) in [6.07, 6.45) is 1.63. The highest BCUT2D eigenvalue weighted by molar-refractivity contribution is 5.85. The van der Waals surface area contributed by atoms with Crippen LogP contribution in [0.25, 0.3) is 11.2 Å². The molecule has 2 aromatic heterocycles. The van der Waals surface area contributed by atoms with Crippen LogP contribution in [0.3, 0.4) is 0 Å². The van der Waals surface area contributed by atoms with Gasteiger partial charge in [0.2, 0.25) is 0 Å². The zero-order valence-corrected chi connectivity index (χ0v) is 13.5. The lowest BCUT2D eigenvalue weighted by Crippen LogP contribution is -2.39. The van der Waals surface area contributed by atoms with Gasteiger partial charge in [0.05, 0.1) is 19.5 Å². The Morgan fingerprint density at radius 3 is 2.50 bits per heavy atom. The molecule has 0 saturated carbocycles. The first-order chi connectivity index (χ1) is 10.1. The van der Waals surface area contributed by atoms with Crippen molar-refractivity contribution in [1.82, 2.24) is 23.6 Å². The summed E-state index contributed by atoms with van der Waals surface area (Å²) < 4.78 is 9.67. The molecule has 22 heavy (non-hydrogen) atoms. The van der Waals surface area contributed by atoms with E-state index in [1.54, 1.807) is 13.4 Å². The van der Waals surface area contributed by atoms with Crippen molar-refractivity contribution in [2.75, 3.05) is 32.8 Å². The Hall–Kier alpha value is -1.64. The van der Waals surface area contributed by atoms with Gasteiger partial charge >= 0.3 is 5.69 Å². The van der Waals surface area contributed by atoms with E-state index in [9.17, 15) is 9.59 Å². The normalized spacial score (nSPS) is 15.9. The molecule has 0 unspecified atom stereocenters. The third-order valence-corrected chi connectivity index (χ3v) is 3.98. The molecule has 0 spiro atoms. The number of fused-ring (bicyclic) bond motifs is 1. The average Bonchev–Trinajstić information content (AvgIpc) is 2.94. The summed E-state index contributed by atoms with van der Waals surface area (Å²) in [5, 5.41) is 0. The minimum Gasteiger partial charge on any atom is -0.379 e. The predicted octanol–water partition coefficient (Wildman–Crippen LogP) is -0.812. The summed E-state index contributed by atoms with van der Waals surface area (Å²) in [4.78, 5) is 30.7. The fraction of sp³-hybridized carbons (Fsp3) is 0.615. The molecule has 0 amide bonds. The second-order valence-corrected chi connectivity index (χ2v) is 5.27. The Morgan fingerprint density at radius 2 is 1.82 bits per heavy atom. The highest BCUT2D eigenvalue weighted by atomic mass is 35.5. The van der Waals surface area contributed by atoms with Gasteiger partial charge in [-0.05, 0) is 0 Å². The first kappa shape index (κ1) is 16.7. The SMILES string of the molecule is Cl.Cn1c(=O)c2c(ncn2CCN2CCOCC2)n(C)c1=O. The maximum Gasteiger partial charge on any atom is 0.332 e. The number of aromatic nitrogens is 4. The Labute approximate surface area is 133 Å². The van der Waals surface area contributed by atoms with E-state index >= 15 is 0 Å². The molecular formula is C13H20ClN5O3. The van der Waals surface area contributed by atoms with E-state index in [0.29, 0.717) is 17.7 Å². The number of aryl methyl sites for hydroxylation is 1. The maximum absolute atomic E-state index is 12.3. The number of ether oxygens (including phenoxy) is 1. The van der Waals surface area contributed by atoms with Crippen LogP contribution in [0.1, 0.15) is 0 Å². The summed E-state index contributed by atoms with van der Waals surface area (Å²) in [5.41, 5.74) is 0.261. The molecule has 0 aliphatic carbocycles. The lowest BCUT2D eigenvalue weighted by Gasteiger charge is -2.26. The molecule has 8 nitrogen and oxygen atoms in total. The predicted molar refractivity (Wildman–Crippen MR) is 84.7 cm³/mol. The molecule has 3 rings (SSSR count). The van der Waals surface area contributed by atoms with Crippen LogP contribution >= 0.6 is 12.4 Å². The smallest absolute Gasteiger partial charge is 0.332 e. The summed E-state index contributed by atoms with van der Waals surface area (Å²) >= 11 is 0. The first-order valence-electron chi connectivity index (χ1n) is 7.00. The average molecular weight is 330 g/mol. The zero-order chi connectivity index (χ0) is 15.0. The number of hydrogen-bond acceptors (Lipinski definition) is 5. The summed E-state index contributed by atoms with van der Waals surface area (Å²) in [6, 6.07) is 0. The summed E-state index contributed by atoms with van der Waals surface area (Å²) in [5.74, 6) is 0. The number of morpholine rings is 1. The van der Waals surface area contributed by atoms with Gasteiger partial charge in [-0.3, -0.25) is 18.8 Å². The highest BCUT2D eigenvalue weighted by Crippen LogP contribution is 2.06. The van der Waals surface area contributed by atoms with Crippen LogP contribution in [0, 0.1) is 0 Å². The minimum absolute atomic E-state index is 0. The van der Waals surface area contributed by atoms with Crippen LogP contribution in [-0.2, 0) is 25.4 Å². The van der Waals surface area contributed by atoms with E-state index < -0.39 is 0 Å². The topological polar surface area (TPSA) is 74.3 Å². The van der Waals surface area contributed by atoms with Crippen LogP contribution in [0.15, 0.2) is 15.9 Å². The molecule has 9 heteroatoms. The van der Waals surface area contributed by atoms with Crippen LogP contribution in [0.2, 0.25) is 0 Å². The molecular weight excluding hydrogens is 310 g/mol. The largest absolute Gasteiger partial charge is 0.379 e. The van der Waals surface area contributed by atoms with Crippen LogP contribution in [0.4, 0.5) is 0 Å². The second kappa shape index (κ2) is 6.64. The maximum atomic E-state index is 12.3. The van der Waals surface area contributed by atoms with Crippen molar-refractivity contribution in [2.24, 2.45) is 14.1 Å². The number of nitrogens with zero attached hydrogens (tertiary/aromatic N) is 5. The Balaban J connectivity index is 0.00000176. The van der Waals surface area contributed by atoms with Gasteiger partial charge < -0.3 is 9.30 Å². The summed E-state index contributed by atoms with van der Waals surface area (Å²) in [7, 11) is 3.12. The Bertz CT molecular complexity index is 772. The second-order valence-electron chi connectivity index (χ2n) is 5.27. The monoisotopic (exact) mass is 329 g/mol. The molecule has 0 N–H and O–H groups in total. The molecule has 2 aromatic rings. The van der Waals surface area contributed by atoms with Gasteiger partial charge in [-0.15, -0.1) is 12.4 Å². The number of halogens is 1. The van der Waals surface area contributed by atoms with Gasteiger partial charge in [0, 0.05) is 40.3 Å². The van der Waals surface area contributed by atoms with E-state index in [2.05, 4.69) is 9.88 Å². The van der Waals surface area contributed by atoms with Gasteiger partial charge in [-0.1, -0.05) is 0 Å². The fourth-order valence-electron chi connectivity index (χ4n) is 2.64. The van der Waals surface area contributed by atoms with E-state index in [1.165, 1.54) is 11.6 Å². The molecule has 0 radical (unpaired) electrons. The number of rotatable bonds is 3. The molecule has 1 fully saturated rings. The third kappa shape index (κ3) is 2.81. The van der Waals surface area contributed by atoms with Crippen molar-refractivity contribution in [3.05, 3.63) is 27.2 Å². The van der Waals surface area contributed by atoms with Gasteiger partial charge in [0.15, 0.2) is 11.2 Å². The van der Waals surface area contributed by atoms with Crippen LogP contribution in [-0.4, -0.2) is 56.4 Å². The van der Waals surface area contributed by atoms with Crippen molar-refractivity contribution in [3.63, 3.8) is 0 Å². The van der Waals surface area contributed by atoms with E-state index in [-0.39, 0.29) is 23.7 Å². The minimum atomic E-state index is -0.356. The molecule has 1 aliphatic heterocycles. The highest BCUT2D eigenvalue weighted by Gasteiger charge is 2.15. The number of hydrogen-bond donors (Lipinski definition) is 0.